The molecule has 0 saturated carbocycles. The van der Waals surface area contributed by atoms with Gasteiger partial charge in [0, 0.05) is 11.9 Å². The summed E-state index contributed by atoms with van der Waals surface area (Å²) in [6.07, 6.45) is 1.30. The summed E-state index contributed by atoms with van der Waals surface area (Å²) in [6, 6.07) is 11.3. The molecule has 25 heavy (non-hydrogen) atoms. The number of anilines is 1. The summed E-state index contributed by atoms with van der Waals surface area (Å²) in [5.74, 6) is 0.771. The molecule has 0 fully saturated rings. The summed E-state index contributed by atoms with van der Waals surface area (Å²) in [5.41, 5.74) is 4.91. The molecule has 2 aromatic carbocycles. The van der Waals surface area contributed by atoms with Crippen molar-refractivity contribution in [1.29, 1.82) is 0 Å². The fourth-order valence-electron chi connectivity index (χ4n) is 2.64. The lowest BCUT2D eigenvalue weighted by Gasteiger charge is -2.11. The van der Waals surface area contributed by atoms with Crippen molar-refractivity contribution in [3.05, 3.63) is 65.0 Å². The van der Waals surface area contributed by atoms with E-state index in [4.69, 9.17) is 9.79 Å². The smallest absolute Gasteiger partial charge is 0.329 e. The Hall–Kier alpha value is -2.27. The molecule has 0 aliphatic heterocycles. The van der Waals surface area contributed by atoms with E-state index < -0.39 is 7.60 Å². The van der Waals surface area contributed by atoms with Gasteiger partial charge in [-0.3, -0.25) is 4.57 Å². The van der Waals surface area contributed by atoms with E-state index in [1.54, 1.807) is 18.5 Å². The molecule has 0 aliphatic rings. The Morgan fingerprint density at radius 2 is 1.64 bits per heavy atom. The molecule has 3 N–H and O–H groups in total. The molecule has 0 atom stereocenters. The van der Waals surface area contributed by atoms with Crippen molar-refractivity contribution in [2.75, 3.05) is 5.32 Å². The maximum atomic E-state index is 11.0. The van der Waals surface area contributed by atoms with E-state index in [0.717, 1.165) is 22.3 Å². The summed E-state index contributed by atoms with van der Waals surface area (Å²) in [6.45, 7) is 4.68. The highest BCUT2D eigenvalue weighted by Crippen LogP contribution is 2.38. The number of fused-ring (bicyclic) bond motifs is 1. The highest BCUT2D eigenvalue weighted by Gasteiger charge is 2.13. The molecule has 7 heteroatoms. The zero-order chi connectivity index (χ0) is 18.0. The van der Waals surface area contributed by atoms with Crippen molar-refractivity contribution >= 4 is 24.3 Å². The Morgan fingerprint density at radius 1 is 1.00 bits per heavy atom. The van der Waals surface area contributed by atoms with Crippen LogP contribution in [0.1, 0.15) is 22.3 Å². The minimum Gasteiger partial charge on any atom is -0.365 e. The Balaban J connectivity index is 1.77. The minimum atomic E-state index is -4.03. The lowest BCUT2D eigenvalue weighted by Crippen LogP contribution is -2.03. The zero-order valence-corrected chi connectivity index (χ0v) is 15.0. The normalized spacial score (nSPS) is 11.7. The van der Waals surface area contributed by atoms with Crippen LogP contribution in [0.2, 0.25) is 0 Å². The third-order valence-corrected chi connectivity index (χ3v) is 4.90. The summed E-state index contributed by atoms with van der Waals surface area (Å²) < 4.78 is 11.0. The predicted molar refractivity (Wildman–Crippen MR) is 98.5 cm³/mol. The first-order valence-electron chi connectivity index (χ1n) is 7.90. The van der Waals surface area contributed by atoms with Gasteiger partial charge in [0.25, 0.3) is 0 Å². The standard InChI is InChI=1S/C18H20N3O3P/c1-12-7-16-17(8-13(12)2)20-11-21-18(16)19-9-14-3-5-15(6-4-14)10-25(22,23)24/h3-8,11H,9-10H2,1-2H3,(H,19,20,21)(H2,22,23,24). The molecule has 1 aromatic heterocycles. The summed E-state index contributed by atoms with van der Waals surface area (Å²) in [4.78, 5) is 26.7. The largest absolute Gasteiger partial charge is 0.365 e. The molecule has 0 amide bonds. The summed E-state index contributed by atoms with van der Waals surface area (Å²) in [7, 11) is -4.03. The minimum absolute atomic E-state index is 0.240. The summed E-state index contributed by atoms with van der Waals surface area (Å²) in [5, 5.41) is 4.29. The Morgan fingerprint density at radius 3 is 2.32 bits per heavy atom. The molecule has 0 radical (unpaired) electrons. The number of benzene rings is 2. The lowest BCUT2D eigenvalue weighted by molar-refractivity contribution is 0.371. The van der Waals surface area contributed by atoms with Crippen LogP contribution >= 0.6 is 7.60 Å². The molecular formula is C18H20N3O3P. The number of aromatic nitrogens is 2. The van der Waals surface area contributed by atoms with Crippen LogP contribution < -0.4 is 5.32 Å². The number of rotatable bonds is 5. The molecule has 6 nitrogen and oxygen atoms in total. The van der Waals surface area contributed by atoms with Gasteiger partial charge >= 0.3 is 7.60 Å². The summed E-state index contributed by atoms with van der Waals surface area (Å²) >= 11 is 0. The fourth-order valence-corrected chi connectivity index (χ4v) is 3.33. The monoisotopic (exact) mass is 357 g/mol. The van der Waals surface area contributed by atoms with E-state index >= 15 is 0 Å². The van der Waals surface area contributed by atoms with Crippen LogP contribution in [0, 0.1) is 13.8 Å². The Labute approximate surface area is 146 Å². The zero-order valence-electron chi connectivity index (χ0n) is 14.1. The van der Waals surface area contributed by atoms with Crippen molar-refractivity contribution in [2.45, 2.75) is 26.6 Å². The van der Waals surface area contributed by atoms with E-state index in [2.05, 4.69) is 35.2 Å². The van der Waals surface area contributed by atoms with Crippen LogP contribution in [0.25, 0.3) is 10.9 Å². The van der Waals surface area contributed by atoms with Crippen LogP contribution in [0.4, 0.5) is 5.82 Å². The van der Waals surface area contributed by atoms with Crippen LogP contribution in [0.3, 0.4) is 0 Å². The predicted octanol–water partition coefficient (Wildman–Crippen LogP) is 3.54. The van der Waals surface area contributed by atoms with Gasteiger partial charge in [-0.2, -0.15) is 0 Å². The van der Waals surface area contributed by atoms with Crippen molar-refractivity contribution in [3.8, 4) is 0 Å². The van der Waals surface area contributed by atoms with Gasteiger partial charge in [0.1, 0.15) is 12.1 Å². The van der Waals surface area contributed by atoms with Crippen molar-refractivity contribution in [3.63, 3.8) is 0 Å². The first-order chi connectivity index (χ1) is 11.8. The van der Waals surface area contributed by atoms with Crippen molar-refractivity contribution < 1.29 is 14.4 Å². The second kappa shape index (κ2) is 6.92. The van der Waals surface area contributed by atoms with E-state index in [-0.39, 0.29) is 6.16 Å². The SMILES string of the molecule is Cc1cc2ncnc(NCc3ccc(CP(=O)(O)O)cc3)c2cc1C. The van der Waals surface area contributed by atoms with Gasteiger partial charge < -0.3 is 15.1 Å². The molecule has 130 valence electrons. The van der Waals surface area contributed by atoms with Gasteiger partial charge in [0.2, 0.25) is 0 Å². The van der Waals surface area contributed by atoms with Gasteiger partial charge in [-0.1, -0.05) is 24.3 Å². The van der Waals surface area contributed by atoms with Gasteiger partial charge in [-0.05, 0) is 48.2 Å². The van der Waals surface area contributed by atoms with Gasteiger partial charge in [0.05, 0.1) is 11.7 Å². The topological polar surface area (TPSA) is 95.3 Å². The number of aryl methyl sites for hydroxylation is 2. The average Bonchev–Trinajstić information content (AvgIpc) is 2.54. The number of hydrogen-bond donors (Lipinski definition) is 3. The van der Waals surface area contributed by atoms with Gasteiger partial charge in [-0.15, -0.1) is 0 Å². The van der Waals surface area contributed by atoms with Gasteiger partial charge in [0.15, 0.2) is 0 Å². The number of nitrogens with one attached hydrogen (secondary N) is 1. The van der Waals surface area contributed by atoms with Crippen LogP contribution in [0.15, 0.2) is 42.7 Å². The highest BCUT2D eigenvalue weighted by molar-refractivity contribution is 7.50. The molecule has 3 aromatic rings. The molecule has 3 rings (SSSR count). The van der Waals surface area contributed by atoms with Crippen molar-refractivity contribution in [1.82, 2.24) is 9.97 Å². The van der Waals surface area contributed by atoms with Gasteiger partial charge in [-0.25, -0.2) is 9.97 Å². The van der Waals surface area contributed by atoms with Crippen LogP contribution in [-0.2, 0) is 17.3 Å². The highest BCUT2D eigenvalue weighted by atomic mass is 31.2. The first-order valence-corrected chi connectivity index (χ1v) is 9.70. The number of nitrogens with zero attached hydrogens (tertiary/aromatic N) is 2. The van der Waals surface area contributed by atoms with Crippen molar-refractivity contribution in [2.24, 2.45) is 0 Å². The Kier molecular flexibility index (Phi) is 4.86. The second-order valence-corrected chi connectivity index (χ2v) is 7.81. The molecular weight excluding hydrogens is 337 g/mol. The first kappa shape index (κ1) is 17.5. The van der Waals surface area contributed by atoms with E-state index in [1.807, 2.05) is 18.2 Å². The maximum Gasteiger partial charge on any atom is 0.329 e. The Bertz CT molecular complexity index is 952. The maximum absolute atomic E-state index is 11.0. The quantitative estimate of drug-likeness (QED) is 0.605. The number of hydrogen-bond acceptors (Lipinski definition) is 4. The molecule has 0 saturated heterocycles. The lowest BCUT2D eigenvalue weighted by atomic mass is 10.1. The fraction of sp³-hybridized carbons (Fsp3) is 0.222. The second-order valence-electron chi connectivity index (χ2n) is 6.17. The molecule has 1 heterocycles. The van der Waals surface area contributed by atoms with E-state index in [9.17, 15) is 4.57 Å². The molecule has 0 aliphatic carbocycles. The molecule has 0 unspecified atom stereocenters. The van der Waals surface area contributed by atoms with E-state index in [1.165, 1.54) is 11.1 Å². The third kappa shape index (κ3) is 4.42. The molecule has 0 spiro atoms. The van der Waals surface area contributed by atoms with Crippen LogP contribution in [-0.4, -0.2) is 19.8 Å². The average molecular weight is 357 g/mol. The molecule has 0 bridgehead atoms. The van der Waals surface area contributed by atoms with E-state index in [0.29, 0.717) is 12.1 Å². The van der Waals surface area contributed by atoms with Crippen LogP contribution in [0.5, 0.6) is 0 Å². The third-order valence-electron chi connectivity index (χ3n) is 4.12.